The largest absolute Gasteiger partial charge is 0.416 e. The highest BCUT2D eigenvalue weighted by Crippen LogP contribution is 2.41. The number of halogens is 3. The van der Waals surface area contributed by atoms with Crippen LogP contribution in [0.5, 0.6) is 0 Å². The molecule has 0 atom stereocenters. The van der Waals surface area contributed by atoms with E-state index >= 15 is 0 Å². The van der Waals surface area contributed by atoms with E-state index in [-0.39, 0.29) is 5.78 Å². The number of carbonyl (C=O) groups excluding carboxylic acids is 1. The van der Waals surface area contributed by atoms with Crippen molar-refractivity contribution in [2.75, 3.05) is 31.1 Å². The van der Waals surface area contributed by atoms with Gasteiger partial charge in [0.15, 0.2) is 5.78 Å². The first-order chi connectivity index (χ1) is 16.3. The number of aryl methyl sites for hydroxylation is 1. The average Bonchev–Trinajstić information content (AvgIpc) is 3.13. The lowest BCUT2D eigenvalue weighted by Gasteiger charge is -2.39. The minimum Gasteiger partial charge on any atom is -0.368 e. The fourth-order valence-electron chi connectivity index (χ4n) is 4.94. The van der Waals surface area contributed by atoms with Crippen molar-refractivity contribution < 1.29 is 18.0 Å². The lowest BCUT2D eigenvalue weighted by atomic mass is 9.99. The molecule has 1 fully saturated rings. The molecule has 0 radical (unpaired) electrons. The summed E-state index contributed by atoms with van der Waals surface area (Å²) in [6.07, 6.45) is -4.41. The van der Waals surface area contributed by atoms with E-state index < -0.39 is 11.7 Å². The fourth-order valence-corrected chi connectivity index (χ4v) is 4.94. The highest BCUT2D eigenvalue weighted by Gasteiger charge is 2.35. The van der Waals surface area contributed by atoms with Gasteiger partial charge in [0.2, 0.25) is 0 Å². The minimum atomic E-state index is -4.41. The normalized spacial score (nSPS) is 16.3. The molecule has 1 aliphatic carbocycles. The van der Waals surface area contributed by atoms with Crippen LogP contribution in [0.2, 0.25) is 0 Å². The third-order valence-electron chi connectivity index (χ3n) is 6.90. The van der Waals surface area contributed by atoms with E-state index in [2.05, 4.69) is 41.8 Å². The second kappa shape index (κ2) is 8.35. The van der Waals surface area contributed by atoms with E-state index in [1.165, 1.54) is 28.9 Å². The first-order valence-electron chi connectivity index (χ1n) is 11.4. The fraction of sp³-hybridized carbons (Fsp3) is 0.250. The molecule has 1 heterocycles. The second-order valence-electron chi connectivity index (χ2n) is 8.87. The van der Waals surface area contributed by atoms with Gasteiger partial charge in [-0.15, -0.1) is 0 Å². The van der Waals surface area contributed by atoms with Crippen LogP contribution in [0.4, 0.5) is 18.9 Å². The molecule has 0 unspecified atom stereocenters. The lowest BCUT2D eigenvalue weighted by Crippen LogP contribution is -2.45. The van der Waals surface area contributed by atoms with Crippen LogP contribution in [0.3, 0.4) is 0 Å². The predicted octanol–water partition coefficient (Wildman–Crippen LogP) is 6.21. The summed E-state index contributed by atoms with van der Waals surface area (Å²) in [4.78, 5) is 18.0. The summed E-state index contributed by atoms with van der Waals surface area (Å²) in [5.74, 6) is -0.137. The summed E-state index contributed by atoms with van der Waals surface area (Å²) in [5, 5.41) is 0. The van der Waals surface area contributed by atoms with Crippen LogP contribution in [0.25, 0.3) is 11.3 Å². The van der Waals surface area contributed by atoms with E-state index in [1.54, 1.807) is 6.07 Å². The molecule has 3 aromatic rings. The van der Waals surface area contributed by atoms with E-state index in [4.69, 9.17) is 0 Å². The standard InChI is InChI=1S/C28H25F3N2O/c1-18-6-5-9-24(19(18)2)32-14-16-33(17-15-32)26-22-7-3-4-8-23(22)27(34)25(26)20-10-12-21(13-11-20)28(29,30)31/h3-13H,14-17H2,1-2H3. The Morgan fingerprint density at radius 3 is 2.00 bits per heavy atom. The van der Waals surface area contributed by atoms with Gasteiger partial charge in [0.1, 0.15) is 0 Å². The van der Waals surface area contributed by atoms with Gasteiger partial charge >= 0.3 is 6.18 Å². The van der Waals surface area contributed by atoms with Crippen molar-refractivity contribution in [3.05, 3.63) is 100 Å². The summed E-state index contributed by atoms with van der Waals surface area (Å²) in [7, 11) is 0. The van der Waals surface area contributed by atoms with Crippen LogP contribution < -0.4 is 4.90 Å². The second-order valence-corrected chi connectivity index (χ2v) is 8.87. The number of benzene rings is 3. The quantitative estimate of drug-likeness (QED) is 0.462. The lowest BCUT2D eigenvalue weighted by molar-refractivity contribution is -0.137. The highest BCUT2D eigenvalue weighted by atomic mass is 19.4. The Hall–Kier alpha value is -3.54. The van der Waals surface area contributed by atoms with Crippen LogP contribution in [0.1, 0.15) is 38.2 Å². The number of piperazine rings is 1. The number of anilines is 1. The highest BCUT2D eigenvalue weighted by molar-refractivity contribution is 6.39. The number of hydrogen-bond acceptors (Lipinski definition) is 3. The Kier molecular flexibility index (Phi) is 5.47. The Morgan fingerprint density at radius 2 is 1.35 bits per heavy atom. The monoisotopic (exact) mass is 462 g/mol. The SMILES string of the molecule is Cc1cccc(N2CCN(C3=C(c4ccc(C(F)(F)F)cc4)C(=O)c4ccccc43)CC2)c1C. The molecule has 0 aromatic heterocycles. The Balaban J connectivity index is 1.50. The first-order valence-corrected chi connectivity index (χ1v) is 11.4. The maximum Gasteiger partial charge on any atom is 0.416 e. The summed E-state index contributed by atoms with van der Waals surface area (Å²) in [5.41, 5.74) is 6.29. The Morgan fingerprint density at radius 1 is 0.735 bits per heavy atom. The number of Topliss-reactive ketones (excluding diaryl/α,β-unsaturated/α-hetero) is 1. The number of fused-ring (bicyclic) bond motifs is 1. The average molecular weight is 463 g/mol. The van der Waals surface area contributed by atoms with Crippen LogP contribution in [-0.2, 0) is 6.18 Å². The maximum absolute atomic E-state index is 13.4. The van der Waals surface area contributed by atoms with Crippen LogP contribution in [-0.4, -0.2) is 36.9 Å². The number of allylic oxidation sites excluding steroid dienone is 1. The predicted molar refractivity (Wildman–Crippen MR) is 129 cm³/mol. The zero-order valence-corrected chi connectivity index (χ0v) is 19.1. The number of hydrogen-bond donors (Lipinski definition) is 0. The molecule has 1 aliphatic heterocycles. The van der Waals surface area contributed by atoms with E-state index in [1.807, 2.05) is 18.2 Å². The summed E-state index contributed by atoms with van der Waals surface area (Å²) in [6.45, 7) is 7.27. The molecular formula is C28H25F3N2O. The topological polar surface area (TPSA) is 23.6 Å². The Labute approximate surface area is 197 Å². The van der Waals surface area contributed by atoms with Gasteiger partial charge in [-0.1, -0.05) is 48.5 Å². The van der Waals surface area contributed by atoms with Gasteiger partial charge in [-0.25, -0.2) is 0 Å². The van der Waals surface area contributed by atoms with Gasteiger partial charge < -0.3 is 9.80 Å². The zero-order valence-electron chi connectivity index (χ0n) is 19.1. The van der Waals surface area contributed by atoms with Gasteiger partial charge in [-0.2, -0.15) is 13.2 Å². The van der Waals surface area contributed by atoms with Crippen molar-refractivity contribution in [2.45, 2.75) is 20.0 Å². The molecule has 0 N–H and O–H groups in total. The smallest absolute Gasteiger partial charge is 0.368 e. The van der Waals surface area contributed by atoms with Crippen LogP contribution in [0.15, 0.2) is 66.7 Å². The number of alkyl halides is 3. The molecule has 174 valence electrons. The summed E-state index contributed by atoms with van der Waals surface area (Å²) < 4.78 is 39.3. The molecule has 0 bridgehead atoms. The van der Waals surface area contributed by atoms with Gasteiger partial charge in [0.05, 0.1) is 16.8 Å². The van der Waals surface area contributed by atoms with Crippen molar-refractivity contribution in [3.63, 3.8) is 0 Å². The van der Waals surface area contributed by atoms with Crippen molar-refractivity contribution >= 4 is 22.7 Å². The maximum atomic E-state index is 13.4. The third kappa shape index (κ3) is 3.77. The van der Waals surface area contributed by atoms with Gasteiger partial charge in [0.25, 0.3) is 0 Å². The molecule has 0 spiro atoms. The molecule has 2 aliphatic rings. The van der Waals surface area contributed by atoms with E-state index in [0.717, 1.165) is 36.5 Å². The molecule has 34 heavy (non-hydrogen) atoms. The summed E-state index contributed by atoms with van der Waals surface area (Å²) in [6, 6.07) is 18.7. The molecule has 0 saturated carbocycles. The summed E-state index contributed by atoms with van der Waals surface area (Å²) >= 11 is 0. The van der Waals surface area contributed by atoms with Crippen LogP contribution >= 0.6 is 0 Å². The van der Waals surface area contributed by atoms with Gasteiger partial charge in [0, 0.05) is 43.0 Å². The molecule has 3 nitrogen and oxygen atoms in total. The molecule has 0 amide bonds. The molecular weight excluding hydrogens is 437 g/mol. The molecule has 6 heteroatoms. The number of nitrogens with zero attached hydrogens (tertiary/aromatic N) is 2. The Bertz CT molecular complexity index is 1280. The van der Waals surface area contributed by atoms with E-state index in [9.17, 15) is 18.0 Å². The van der Waals surface area contributed by atoms with Crippen molar-refractivity contribution in [1.82, 2.24) is 4.90 Å². The molecule has 1 saturated heterocycles. The van der Waals surface area contributed by atoms with Crippen molar-refractivity contribution in [2.24, 2.45) is 0 Å². The van der Waals surface area contributed by atoms with Gasteiger partial charge in [-0.05, 0) is 48.7 Å². The minimum absolute atomic E-state index is 0.137. The van der Waals surface area contributed by atoms with E-state index in [0.29, 0.717) is 29.8 Å². The van der Waals surface area contributed by atoms with Crippen LogP contribution in [0, 0.1) is 13.8 Å². The number of rotatable bonds is 3. The first kappa shape index (κ1) is 22.3. The zero-order chi connectivity index (χ0) is 24.0. The van der Waals surface area contributed by atoms with Gasteiger partial charge in [-0.3, -0.25) is 4.79 Å². The molecule has 3 aromatic carbocycles. The third-order valence-corrected chi connectivity index (χ3v) is 6.90. The van der Waals surface area contributed by atoms with Crippen molar-refractivity contribution in [1.29, 1.82) is 0 Å². The van der Waals surface area contributed by atoms with Crippen molar-refractivity contribution in [3.8, 4) is 0 Å². The molecule has 5 rings (SSSR count). The number of carbonyl (C=O) groups is 1. The number of ketones is 1.